The minimum atomic E-state index is -0.0331. The number of nitrogens with one attached hydrogen (secondary N) is 1. The number of rotatable bonds is 6. The molecule has 5 nitrogen and oxygen atoms in total. The number of aliphatic hydroxyl groups excluding tert-OH is 1. The summed E-state index contributed by atoms with van der Waals surface area (Å²) in [6.07, 6.45) is 4.84. The molecule has 1 aromatic rings. The van der Waals surface area contributed by atoms with E-state index in [9.17, 15) is 4.79 Å². The lowest BCUT2D eigenvalue weighted by Gasteiger charge is -2.37. The van der Waals surface area contributed by atoms with Crippen LogP contribution in [0.3, 0.4) is 0 Å². The molecule has 1 aromatic heterocycles. The van der Waals surface area contributed by atoms with Gasteiger partial charge < -0.3 is 15.3 Å². The molecule has 0 saturated heterocycles. The average Bonchev–Trinajstić information content (AvgIpc) is 2.37. The standard InChI is InChI=1S/C14H21N3O2/c1-2-15-13-7-6-11(10-16-13)14(19)17(8-9-18)12-4-3-5-12/h6-7,10,12,18H,2-5,8-9H2,1H3,(H,15,16). The fourth-order valence-corrected chi connectivity index (χ4v) is 2.23. The number of aliphatic hydroxyl groups is 1. The topological polar surface area (TPSA) is 65.5 Å². The van der Waals surface area contributed by atoms with Crippen molar-refractivity contribution in [3.63, 3.8) is 0 Å². The average molecular weight is 263 g/mol. The number of aromatic nitrogens is 1. The third-order valence-electron chi connectivity index (χ3n) is 3.49. The van der Waals surface area contributed by atoms with Crippen LogP contribution in [0.15, 0.2) is 18.3 Å². The molecule has 5 heteroatoms. The monoisotopic (exact) mass is 263 g/mol. The second kappa shape index (κ2) is 6.52. The highest BCUT2D eigenvalue weighted by molar-refractivity contribution is 5.94. The molecule has 0 radical (unpaired) electrons. The molecule has 1 aliphatic rings. The molecule has 1 heterocycles. The van der Waals surface area contributed by atoms with Crippen molar-refractivity contribution in [1.82, 2.24) is 9.88 Å². The Morgan fingerprint density at radius 3 is 2.79 bits per heavy atom. The van der Waals surface area contributed by atoms with Gasteiger partial charge in [-0.05, 0) is 38.3 Å². The van der Waals surface area contributed by atoms with Gasteiger partial charge in [-0.3, -0.25) is 4.79 Å². The molecule has 1 saturated carbocycles. The SMILES string of the molecule is CCNc1ccc(C(=O)N(CCO)C2CCC2)cn1. The van der Waals surface area contributed by atoms with Gasteiger partial charge in [0.25, 0.3) is 5.91 Å². The van der Waals surface area contributed by atoms with Gasteiger partial charge in [-0.15, -0.1) is 0 Å². The Labute approximate surface area is 113 Å². The molecule has 0 spiro atoms. The molecule has 2 rings (SSSR count). The lowest BCUT2D eigenvalue weighted by Crippen LogP contribution is -2.45. The molecule has 2 N–H and O–H groups in total. The van der Waals surface area contributed by atoms with Crippen molar-refractivity contribution in [1.29, 1.82) is 0 Å². The van der Waals surface area contributed by atoms with E-state index in [1.165, 1.54) is 0 Å². The molecule has 0 bridgehead atoms. The number of pyridine rings is 1. The number of carbonyl (C=O) groups excluding carboxylic acids is 1. The Kier molecular flexibility index (Phi) is 4.74. The Bertz CT molecular complexity index is 415. The highest BCUT2D eigenvalue weighted by Crippen LogP contribution is 2.26. The number of anilines is 1. The maximum absolute atomic E-state index is 12.4. The van der Waals surface area contributed by atoms with E-state index >= 15 is 0 Å². The zero-order valence-electron chi connectivity index (χ0n) is 11.3. The fourth-order valence-electron chi connectivity index (χ4n) is 2.23. The number of amides is 1. The quantitative estimate of drug-likeness (QED) is 0.816. The van der Waals surface area contributed by atoms with Gasteiger partial charge in [-0.25, -0.2) is 4.98 Å². The minimum absolute atomic E-state index is 0.00510. The summed E-state index contributed by atoms with van der Waals surface area (Å²) in [6.45, 7) is 3.21. The summed E-state index contributed by atoms with van der Waals surface area (Å²) >= 11 is 0. The van der Waals surface area contributed by atoms with Gasteiger partial charge in [0.2, 0.25) is 0 Å². The predicted molar refractivity (Wildman–Crippen MR) is 74.2 cm³/mol. The highest BCUT2D eigenvalue weighted by atomic mass is 16.3. The van der Waals surface area contributed by atoms with Crippen LogP contribution in [-0.4, -0.2) is 46.6 Å². The van der Waals surface area contributed by atoms with Gasteiger partial charge in [-0.1, -0.05) is 0 Å². The van der Waals surface area contributed by atoms with Gasteiger partial charge >= 0.3 is 0 Å². The van der Waals surface area contributed by atoms with Crippen molar-refractivity contribution in [3.8, 4) is 0 Å². The molecule has 1 fully saturated rings. The number of hydrogen-bond donors (Lipinski definition) is 2. The van der Waals surface area contributed by atoms with Crippen LogP contribution >= 0.6 is 0 Å². The van der Waals surface area contributed by atoms with E-state index in [-0.39, 0.29) is 18.6 Å². The maximum atomic E-state index is 12.4. The second-order valence-electron chi connectivity index (χ2n) is 4.77. The molecule has 0 aromatic carbocycles. The maximum Gasteiger partial charge on any atom is 0.255 e. The lowest BCUT2D eigenvalue weighted by atomic mass is 9.91. The molecule has 19 heavy (non-hydrogen) atoms. The van der Waals surface area contributed by atoms with E-state index in [0.717, 1.165) is 31.6 Å². The van der Waals surface area contributed by atoms with Crippen molar-refractivity contribution in [2.24, 2.45) is 0 Å². The molecule has 0 aliphatic heterocycles. The van der Waals surface area contributed by atoms with Crippen molar-refractivity contribution in [2.75, 3.05) is 25.0 Å². The van der Waals surface area contributed by atoms with Crippen molar-refractivity contribution in [3.05, 3.63) is 23.9 Å². The second-order valence-corrected chi connectivity index (χ2v) is 4.77. The summed E-state index contributed by atoms with van der Waals surface area (Å²) in [5.74, 6) is 0.741. The Morgan fingerprint density at radius 2 is 2.32 bits per heavy atom. The third kappa shape index (κ3) is 3.23. The third-order valence-corrected chi connectivity index (χ3v) is 3.49. The first-order valence-corrected chi connectivity index (χ1v) is 6.88. The minimum Gasteiger partial charge on any atom is -0.395 e. The molecule has 0 unspecified atom stereocenters. The van der Waals surface area contributed by atoms with Crippen LogP contribution in [0.5, 0.6) is 0 Å². The largest absolute Gasteiger partial charge is 0.395 e. The Morgan fingerprint density at radius 1 is 1.53 bits per heavy atom. The van der Waals surface area contributed by atoms with E-state index in [0.29, 0.717) is 12.1 Å². The van der Waals surface area contributed by atoms with E-state index in [4.69, 9.17) is 5.11 Å². The molecule has 104 valence electrons. The zero-order valence-corrected chi connectivity index (χ0v) is 11.3. The summed E-state index contributed by atoms with van der Waals surface area (Å²) in [4.78, 5) is 18.4. The summed E-state index contributed by atoms with van der Waals surface area (Å²) in [5, 5.41) is 12.2. The van der Waals surface area contributed by atoms with Gasteiger partial charge in [0, 0.05) is 25.3 Å². The van der Waals surface area contributed by atoms with Crippen LogP contribution in [-0.2, 0) is 0 Å². The van der Waals surface area contributed by atoms with Crippen LogP contribution in [0.25, 0.3) is 0 Å². The van der Waals surface area contributed by atoms with E-state index in [1.807, 2.05) is 13.0 Å². The van der Waals surface area contributed by atoms with Gasteiger partial charge in [0.15, 0.2) is 0 Å². The Balaban J connectivity index is 2.07. The zero-order chi connectivity index (χ0) is 13.7. The van der Waals surface area contributed by atoms with Gasteiger partial charge in [0.05, 0.1) is 12.2 Å². The first kappa shape index (κ1) is 13.8. The Hall–Kier alpha value is -1.62. The summed E-state index contributed by atoms with van der Waals surface area (Å²) in [5.41, 5.74) is 0.585. The van der Waals surface area contributed by atoms with E-state index in [1.54, 1.807) is 17.2 Å². The van der Waals surface area contributed by atoms with Gasteiger partial charge in [0.1, 0.15) is 5.82 Å². The number of carbonyl (C=O) groups is 1. The molecule has 0 atom stereocenters. The van der Waals surface area contributed by atoms with Crippen molar-refractivity contribution >= 4 is 11.7 Å². The predicted octanol–water partition coefficient (Wildman–Crippen LogP) is 1.50. The van der Waals surface area contributed by atoms with E-state index in [2.05, 4.69) is 10.3 Å². The molecular weight excluding hydrogens is 242 g/mol. The molecule has 1 aliphatic carbocycles. The fraction of sp³-hybridized carbons (Fsp3) is 0.571. The van der Waals surface area contributed by atoms with Crippen LogP contribution in [0.2, 0.25) is 0 Å². The van der Waals surface area contributed by atoms with Gasteiger partial charge in [-0.2, -0.15) is 0 Å². The summed E-state index contributed by atoms with van der Waals surface area (Å²) < 4.78 is 0. The summed E-state index contributed by atoms with van der Waals surface area (Å²) in [6, 6.07) is 3.89. The molecule has 1 amide bonds. The molecular formula is C14H21N3O2. The van der Waals surface area contributed by atoms with E-state index < -0.39 is 0 Å². The van der Waals surface area contributed by atoms with Crippen LogP contribution < -0.4 is 5.32 Å². The number of nitrogens with zero attached hydrogens (tertiary/aromatic N) is 2. The van der Waals surface area contributed by atoms with Crippen LogP contribution in [0, 0.1) is 0 Å². The van der Waals surface area contributed by atoms with Crippen molar-refractivity contribution in [2.45, 2.75) is 32.2 Å². The lowest BCUT2D eigenvalue weighted by molar-refractivity contribution is 0.0525. The highest BCUT2D eigenvalue weighted by Gasteiger charge is 2.28. The van der Waals surface area contributed by atoms with Crippen LogP contribution in [0.4, 0.5) is 5.82 Å². The number of hydrogen-bond acceptors (Lipinski definition) is 4. The first-order valence-electron chi connectivity index (χ1n) is 6.88. The smallest absolute Gasteiger partial charge is 0.255 e. The van der Waals surface area contributed by atoms with Crippen molar-refractivity contribution < 1.29 is 9.90 Å². The first-order chi connectivity index (χ1) is 9.26. The normalized spacial score (nSPS) is 14.8. The summed E-state index contributed by atoms with van der Waals surface area (Å²) in [7, 11) is 0. The van der Waals surface area contributed by atoms with Crippen LogP contribution in [0.1, 0.15) is 36.5 Å².